The fourth-order valence-corrected chi connectivity index (χ4v) is 3.13. The molecule has 2 heterocycles. The minimum absolute atomic E-state index is 0.217. The van der Waals surface area contributed by atoms with Gasteiger partial charge in [-0.25, -0.2) is 9.37 Å². The number of morpholine rings is 1. The molecule has 0 atom stereocenters. The van der Waals surface area contributed by atoms with Gasteiger partial charge in [0.2, 0.25) is 0 Å². The normalized spacial score (nSPS) is 14.4. The summed E-state index contributed by atoms with van der Waals surface area (Å²) in [5.41, 5.74) is 5.02. The summed E-state index contributed by atoms with van der Waals surface area (Å²) < 4.78 is 18.7. The van der Waals surface area contributed by atoms with Crippen LogP contribution in [-0.2, 0) is 9.53 Å². The molecule has 3 rings (SSSR count). The molecule has 2 amide bonds. The zero-order valence-electron chi connectivity index (χ0n) is 13.8. The van der Waals surface area contributed by atoms with E-state index in [1.165, 1.54) is 23.5 Å². The van der Waals surface area contributed by atoms with Gasteiger partial charge in [-0.2, -0.15) is 0 Å². The summed E-state index contributed by atoms with van der Waals surface area (Å²) in [5.74, 6) is -1.53. The van der Waals surface area contributed by atoms with Crippen LogP contribution in [-0.4, -0.2) is 43.1 Å². The second-order valence-electron chi connectivity index (χ2n) is 5.41. The van der Waals surface area contributed by atoms with Crippen LogP contribution in [0.15, 0.2) is 35.7 Å². The Hall–Kier alpha value is -2.78. The van der Waals surface area contributed by atoms with Crippen LogP contribution in [0.25, 0.3) is 6.08 Å². The Morgan fingerprint density at radius 1 is 1.23 bits per heavy atom. The van der Waals surface area contributed by atoms with E-state index in [0.717, 1.165) is 24.3 Å². The fraction of sp³-hybridized carbons (Fsp3) is 0.235. The first-order valence-corrected chi connectivity index (χ1v) is 8.82. The molecule has 1 saturated heterocycles. The SMILES string of the molecule is O=C(/C=C/c1ccccc1F)NNC(=O)c1csc(N2CCOCC2)n1. The lowest BCUT2D eigenvalue weighted by molar-refractivity contribution is -0.117. The van der Waals surface area contributed by atoms with Gasteiger partial charge in [0.05, 0.1) is 13.2 Å². The van der Waals surface area contributed by atoms with Crippen molar-refractivity contribution in [3.05, 3.63) is 52.8 Å². The van der Waals surface area contributed by atoms with Gasteiger partial charge in [0.15, 0.2) is 5.13 Å². The van der Waals surface area contributed by atoms with Crippen molar-refractivity contribution in [1.82, 2.24) is 15.8 Å². The third-order valence-electron chi connectivity index (χ3n) is 3.63. The van der Waals surface area contributed by atoms with Crippen LogP contribution in [0.3, 0.4) is 0 Å². The van der Waals surface area contributed by atoms with Crippen molar-refractivity contribution in [1.29, 1.82) is 0 Å². The molecule has 2 aromatic rings. The number of rotatable bonds is 4. The van der Waals surface area contributed by atoms with Crippen molar-refractivity contribution in [2.24, 2.45) is 0 Å². The van der Waals surface area contributed by atoms with Gasteiger partial charge in [-0.3, -0.25) is 20.4 Å². The lowest BCUT2D eigenvalue weighted by Gasteiger charge is -2.25. The topological polar surface area (TPSA) is 83.6 Å². The zero-order valence-corrected chi connectivity index (χ0v) is 14.6. The first-order chi connectivity index (χ1) is 12.6. The van der Waals surface area contributed by atoms with Gasteiger partial charge in [-0.05, 0) is 12.1 Å². The van der Waals surface area contributed by atoms with E-state index in [4.69, 9.17) is 4.74 Å². The number of anilines is 1. The summed E-state index contributed by atoms with van der Waals surface area (Å²) in [4.78, 5) is 30.1. The number of hydrogen-bond donors (Lipinski definition) is 2. The molecule has 9 heteroatoms. The average molecular weight is 376 g/mol. The standard InChI is InChI=1S/C17H17FN4O3S/c18-13-4-2-1-3-12(13)5-6-15(23)20-21-16(24)14-11-26-17(19-14)22-7-9-25-10-8-22/h1-6,11H,7-10H2,(H,20,23)(H,21,24)/b6-5+. The van der Waals surface area contributed by atoms with Crippen LogP contribution in [0, 0.1) is 5.82 Å². The minimum Gasteiger partial charge on any atom is -0.378 e. The molecular weight excluding hydrogens is 359 g/mol. The van der Waals surface area contributed by atoms with Gasteiger partial charge in [-0.1, -0.05) is 18.2 Å². The Bertz CT molecular complexity index is 818. The van der Waals surface area contributed by atoms with E-state index in [1.54, 1.807) is 23.6 Å². The highest BCUT2D eigenvalue weighted by molar-refractivity contribution is 7.13. The first kappa shape index (κ1) is 18.0. The minimum atomic E-state index is -0.578. The van der Waals surface area contributed by atoms with E-state index in [1.807, 2.05) is 4.90 Å². The molecule has 1 aliphatic rings. The number of amides is 2. The number of benzene rings is 1. The van der Waals surface area contributed by atoms with E-state index in [9.17, 15) is 14.0 Å². The van der Waals surface area contributed by atoms with Crippen LogP contribution in [0.1, 0.15) is 16.1 Å². The predicted octanol–water partition coefficient (Wildman–Crippen LogP) is 1.59. The Balaban J connectivity index is 1.51. The van der Waals surface area contributed by atoms with Crippen molar-refractivity contribution in [2.45, 2.75) is 0 Å². The molecule has 7 nitrogen and oxygen atoms in total. The number of ether oxygens (including phenoxy) is 1. The van der Waals surface area contributed by atoms with Gasteiger partial charge < -0.3 is 9.64 Å². The summed E-state index contributed by atoms with van der Waals surface area (Å²) in [6.07, 6.45) is 2.47. The Morgan fingerprint density at radius 3 is 2.77 bits per heavy atom. The monoisotopic (exact) mass is 376 g/mol. The molecule has 2 N–H and O–H groups in total. The molecule has 0 saturated carbocycles. The number of aromatic nitrogens is 1. The largest absolute Gasteiger partial charge is 0.378 e. The molecule has 1 aromatic heterocycles. The molecule has 1 fully saturated rings. The van der Waals surface area contributed by atoms with E-state index in [-0.39, 0.29) is 11.3 Å². The Morgan fingerprint density at radius 2 is 2.00 bits per heavy atom. The summed E-state index contributed by atoms with van der Waals surface area (Å²) >= 11 is 1.36. The van der Waals surface area contributed by atoms with Crippen LogP contribution in [0.5, 0.6) is 0 Å². The predicted molar refractivity (Wildman–Crippen MR) is 96.2 cm³/mol. The molecule has 0 spiro atoms. The molecule has 26 heavy (non-hydrogen) atoms. The molecule has 0 aliphatic carbocycles. The van der Waals surface area contributed by atoms with Crippen molar-refractivity contribution < 1.29 is 18.7 Å². The lowest BCUT2D eigenvalue weighted by atomic mass is 10.2. The highest BCUT2D eigenvalue weighted by Gasteiger charge is 2.17. The number of halogens is 1. The number of hydrogen-bond acceptors (Lipinski definition) is 6. The van der Waals surface area contributed by atoms with E-state index in [2.05, 4.69) is 15.8 Å². The molecular formula is C17H17FN4O3S. The number of nitrogens with zero attached hydrogens (tertiary/aromatic N) is 2. The number of carbonyl (C=O) groups is 2. The number of hydrazine groups is 1. The summed E-state index contributed by atoms with van der Waals surface area (Å²) in [7, 11) is 0. The summed E-state index contributed by atoms with van der Waals surface area (Å²) in [6.45, 7) is 2.72. The quantitative estimate of drug-likeness (QED) is 0.626. The van der Waals surface area contributed by atoms with Crippen LogP contribution >= 0.6 is 11.3 Å². The molecule has 136 valence electrons. The van der Waals surface area contributed by atoms with Crippen LogP contribution < -0.4 is 15.8 Å². The number of nitrogens with one attached hydrogen (secondary N) is 2. The second-order valence-corrected chi connectivity index (χ2v) is 6.25. The van der Waals surface area contributed by atoms with E-state index in [0.29, 0.717) is 13.2 Å². The highest BCUT2D eigenvalue weighted by atomic mass is 32.1. The van der Waals surface area contributed by atoms with E-state index >= 15 is 0 Å². The van der Waals surface area contributed by atoms with Gasteiger partial charge in [-0.15, -0.1) is 11.3 Å². The maximum absolute atomic E-state index is 13.5. The third-order valence-corrected chi connectivity index (χ3v) is 4.53. The first-order valence-electron chi connectivity index (χ1n) is 7.94. The van der Waals surface area contributed by atoms with Gasteiger partial charge in [0.1, 0.15) is 11.5 Å². The molecule has 0 bridgehead atoms. The summed E-state index contributed by atoms with van der Waals surface area (Å²) in [5, 5.41) is 2.37. The summed E-state index contributed by atoms with van der Waals surface area (Å²) in [6, 6.07) is 6.07. The Kier molecular flexibility index (Phi) is 5.92. The average Bonchev–Trinajstić information content (AvgIpc) is 3.16. The zero-order chi connectivity index (χ0) is 18.4. The molecule has 0 radical (unpaired) electrons. The lowest BCUT2D eigenvalue weighted by Crippen LogP contribution is -2.41. The van der Waals surface area contributed by atoms with Crippen molar-refractivity contribution in [3.8, 4) is 0 Å². The Labute approximate surface area is 153 Å². The smallest absolute Gasteiger partial charge is 0.289 e. The van der Waals surface area contributed by atoms with Gasteiger partial charge >= 0.3 is 0 Å². The van der Waals surface area contributed by atoms with Crippen LogP contribution in [0.4, 0.5) is 9.52 Å². The molecule has 1 aliphatic heterocycles. The number of carbonyl (C=O) groups excluding carboxylic acids is 2. The second kappa shape index (κ2) is 8.54. The van der Waals surface area contributed by atoms with Gasteiger partial charge in [0.25, 0.3) is 11.8 Å². The van der Waals surface area contributed by atoms with Crippen molar-refractivity contribution in [2.75, 3.05) is 31.2 Å². The van der Waals surface area contributed by atoms with Crippen molar-refractivity contribution in [3.63, 3.8) is 0 Å². The maximum Gasteiger partial charge on any atom is 0.289 e. The fourth-order valence-electron chi connectivity index (χ4n) is 2.27. The third kappa shape index (κ3) is 4.64. The molecule has 1 aromatic carbocycles. The van der Waals surface area contributed by atoms with Gasteiger partial charge in [0, 0.05) is 30.1 Å². The highest BCUT2D eigenvalue weighted by Crippen LogP contribution is 2.21. The maximum atomic E-state index is 13.5. The molecule has 0 unspecified atom stereocenters. The number of thiazole rings is 1. The van der Waals surface area contributed by atoms with E-state index < -0.39 is 17.6 Å². The van der Waals surface area contributed by atoms with Crippen molar-refractivity contribution >= 4 is 34.4 Å². The van der Waals surface area contributed by atoms with Crippen LogP contribution in [0.2, 0.25) is 0 Å².